The first kappa shape index (κ1) is 12.3. The van der Waals surface area contributed by atoms with Crippen LogP contribution in [-0.2, 0) is 4.74 Å². The SMILES string of the molecule is COC(=O)c1cnc(C(F)F)c(C)c1I. The fourth-order valence-corrected chi connectivity index (χ4v) is 1.71. The van der Waals surface area contributed by atoms with E-state index in [0.29, 0.717) is 9.13 Å². The van der Waals surface area contributed by atoms with Gasteiger partial charge in [0.05, 0.1) is 12.7 Å². The van der Waals surface area contributed by atoms with Crippen molar-refractivity contribution in [1.29, 1.82) is 0 Å². The first-order chi connectivity index (χ1) is 6.99. The topological polar surface area (TPSA) is 39.2 Å². The highest BCUT2D eigenvalue weighted by molar-refractivity contribution is 14.1. The molecule has 0 aliphatic carbocycles. The Labute approximate surface area is 99.0 Å². The third-order valence-corrected chi connectivity index (χ3v) is 3.28. The molecule has 82 valence electrons. The molecule has 0 N–H and O–H groups in total. The van der Waals surface area contributed by atoms with E-state index in [4.69, 9.17) is 0 Å². The average Bonchev–Trinajstić information content (AvgIpc) is 2.20. The Morgan fingerprint density at radius 2 is 2.20 bits per heavy atom. The predicted molar refractivity (Wildman–Crippen MR) is 58.0 cm³/mol. The molecule has 0 radical (unpaired) electrons. The van der Waals surface area contributed by atoms with Gasteiger partial charge in [-0.1, -0.05) is 0 Å². The number of methoxy groups -OCH3 is 1. The van der Waals surface area contributed by atoms with Crippen LogP contribution in [0.3, 0.4) is 0 Å². The number of pyridine rings is 1. The Morgan fingerprint density at radius 1 is 1.60 bits per heavy atom. The van der Waals surface area contributed by atoms with Gasteiger partial charge in [-0.2, -0.15) is 0 Å². The molecule has 15 heavy (non-hydrogen) atoms. The van der Waals surface area contributed by atoms with Crippen molar-refractivity contribution in [3.8, 4) is 0 Å². The highest BCUT2D eigenvalue weighted by Crippen LogP contribution is 2.26. The van der Waals surface area contributed by atoms with Crippen molar-refractivity contribution in [3.63, 3.8) is 0 Å². The fraction of sp³-hybridized carbons (Fsp3) is 0.333. The van der Waals surface area contributed by atoms with Gasteiger partial charge in [-0.25, -0.2) is 13.6 Å². The molecule has 0 aliphatic rings. The van der Waals surface area contributed by atoms with Crippen molar-refractivity contribution < 1.29 is 18.3 Å². The maximum Gasteiger partial charge on any atom is 0.340 e. The van der Waals surface area contributed by atoms with E-state index in [1.165, 1.54) is 14.0 Å². The molecule has 1 rings (SSSR count). The van der Waals surface area contributed by atoms with Crippen molar-refractivity contribution in [2.45, 2.75) is 13.3 Å². The van der Waals surface area contributed by atoms with Gasteiger partial charge in [0.15, 0.2) is 0 Å². The molecule has 0 saturated carbocycles. The average molecular weight is 327 g/mol. The van der Waals surface area contributed by atoms with Crippen LogP contribution >= 0.6 is 22.6 Å². The first-order valence-corrected chi connectivity index (χ1v) is 5.08. The summed E-state index contributed by atoms with van der Waals surface area (Å²) in [5.74, 6) is -0.573. The Hall–Kier alpha value is -0.790. The molecular weight excluding hydrogens is 319 g/mol. The van der Waals surface area contributed by atoms with Crippen molar-refractivity contribution in [3.05, 3.63) is 26.6 Å². The van der Waals surface area contributed by atoms with Gasteiger partial charge in [0.25, 0.3) is 6.43 Å². The molecule has 1 aromatic heterocycles. The van der Waals surface area contributed by atoms with Crippen LogP contribution in [0.4, 0.5) is 8.78 Å². The molecular formula is C9H8F2INO2. The molecule has 0 unspecified atom stereocenters. The number of carbonyl (C=O) groups excluding carboxylic acids is 1. The van der Waals surface area contributed by atoms with Crippen molar-refractivity contribution in [1.82, 2.24) is 4.98 Å². The van der Waals surface area contributed by atoms with Gasteiger partial charge in [-0.15, -0.1) is 0 Å². The molecule has 0 aromatic carbocycles. The molecule has 0 bridgehead atoms. The summed E-state index contributed by atoms with van der Waals surface area (Å²) in [6, 6.07) is 0. The Balaban J connectivity index is 3.27. The van der Waals surface area contributed by atoms with E-state index in [1.54, 1.807) is 0 Å². The van der Waals surface area contributed by atoms with E-state index in [9.17, 15) is 13.6 Å². The third kappa shape index (κ3) is 2.42. The van der Waals surface area contributed by atoms with Gasteiger partial charge in [-0.3, -0.25) is 4.98 Å². The summed E-state index contributed by atoms with van der Waals surface area (Å²) in [6.45, 7) is 1.50. The predicted octanol–water partition coefficient (Wildman–Crippen LogP) is 2.72. The Morgan fingerprint density at radius 3 is 2.67 bits per heavy atom. The van der Waals surface area contributed by atoms with Gasteiger partial charge < -0.3 is 4.74 Å². The second-order valence-electron chi connectivity index (χ2n) is 2.79. The number of esters is 1. The lowest BCUT2D eigenvalue weighted by Gasteiger charge is -2.09. The molecule has 3 nitrogen and oxygen atoms in total. The van der Waals surface area contributed by atoms with Crippen molar-refractivity contribution in [2.24, 2.45) is 0 Å². The number of rotatable bonds is 2. The summed E-state index contributed by atoms with van der Waals surface area (Å²) in [7, 11) is 1.23. The van der Waals surface area contributed by atoms with Crippen LogP contribution in [0.5, 0.6) is 0 Å². The zero-order chi connectivity index (χ0) is 11.6. The number of hydrogen-bond donors (Lipinski definition) is 0. The van der Waals surface area contributed by atoms with Gasteiger partial charge in [0, 0.05) is 9.77 Å². The standard InChI is InChI=1S/C9H8F2INO2/c1-4-6(12)5(9(14)15-2)3-13-7(4)8(10)11/h3,8H,1-2H3. The Kier molecular flexibility index (Phi) is 3.95. The molecule has 1 aromatic rings. The largest absolute Gasteiger partial charge is 0.465 e. The maximum atomic E-state index is 12.4. The molecule has 0 saturated heterocycles. The fourth-order valence-electron chi connectivity index (χ4n) is 1.07. The van der Waals surface area contributed by atoms with E-state index in [-0.39, 0.29) is 11.3 Å². The summed E-state index contributed by atoms with van der Waals surface area (Å²) in [5, 5.41) is 0. The van der Waals surface area contributed by atoms with Crippen LogP contribution in [0.1, 0.15) is 28.0 Å². The van der Waals surface area contributed by atoms with E-state index in [1.807, 2.05) is 22.6 Å². The lowest BCUT2D eigenvalue weighted by atomic mass is 10.1. The minimum absolute atomic E-state index is 0.208. The van der Waals surface area contributed by atoms with Gasteiger partial charge in [-0.05, 0) is 35.1 Å². The molecule has 0 aliphatic heterocycles. The van der Waals surface area contributed by atoms with Crippen LogP contribution in [0, 0.1) is 10.5 Å². The molecule has 0 fully saturated rings. The van der Waals surface area contributed by atoms with Gasteiger partial charge in [0.1, 0.15) is 5.69 Å². The molecule has 1 heterocycles. The van der Waals surface area contributed by atoms with Crippen LogP contribution in [0.2, 0.25) is 0 Å². The summed E-state index contributed by atoms with van der Waals surface area (Å²) in [4.78, 5) is 14.8. The van der Waals surface area contributed by atoms with E-state index >= 15 is 0 Å². The number of halogens is 3. The van der Waals surface area contributed by atoms with Gasteiger partial charge in [0.2, 0.25) is 0 Å². The number of carbonyl (C=O) groups is 1. The lowest BCUT2D eigenvalue weighted by Crippen LogP contribution is -2.08. The molecule has 0 amide bonds. The summed E-state index contributed by atoms with van der Waals surface area (Å²) < 4.78 is 29.8. The second-order valence-corrected chi connectivity index (χ2v) is 3.87. The zero-order valence-corrected chi connectivity index (χ0v) is 10.2. The Bertz CT molecular complexity index is 396. The molecule has 0 spiro atoms. The second kappa shape index (κ2) is 4.82. The van der Waals surface area contributed by atoms with E-state index in [0.717, 1.165) is 6.20 Å². The minimum Gasteiger partial charge on any atom is -0.465 e. The number of hydrogen-bond acceptors (Lipinski definition) is 3. The van der Waals surface area contributed by atoms with Crippen molar-refractivity contribution >= 4 is 28.6 Å². The maximum absolute atomic E-state index is 12.4. The first-order valence-electron chi connectivity index (χ1n) is 4.00. The van der Waals surface area contributed by atoms with Crippen molar-refractivity contribution in [2.75, 3.05) is 7.11 Å². The summed E-state index contributed by atoms with van der Waals surface area (Å²) >= 11 is 1.83. The van der Waals surface area contributed by atoms with E-state index in [2.05, 4.69) is 9.72 Å². The zero-order valence-electron chi connectivity index (χ0n) is 8.05. The van der Waals surface area contributed by atoms with Gasteiger partial charge >= 0.3 is 5.97 Å². The molecule has 6 heteroatoms. The van der Waals surface area contributed by atoms with Crippen LogP contribution < -0.4 is 0 Å². The van der Waals surface area contributed by atoms with Crippen LogP contribution in [0.25, 0.3) is 0 Å². The molecule has 0 atom stereocenters. The number of ether oxygens (including phenoxy) is 1. The lowest BCUT2D eigenvalue weighted by molar-refractivity contribution is 0.0598. The third-order valence-electron chi connectivity index (χ3n) is 1.89. The normalized spacial score (nSPS) is 10.5. The summed E-state index contributed by atoms with van der Waals surface area (Å²) in [5.41, 5.74) is 0.223. The monoisotopic (exact) mass is 327 g/mol. The summed E-state index contributed by atoms with van der Waals surface area (Å²) in [6.07, 6.45) is -1.52. The number of nitrogens with zero attached hydrogens (tertiary/aromatic N) is 1. The van der Waals surface area contributed by atoms with Crippen LogP contribution in [-0.4, -0.2) is 18.1 Å². The smallest absolute Gasteiger partial charge is 0.340 e. The highest BCUT2D eigenvalue weighted by atomic mass is 127. The number of alkyl halides is 2. The van der Waals surface area contributed by atoms with Crippen LogP contribution in [0.15, 0.2) is 6.20 Å². The minimum atomic E-state index is -2.63. The van der Waals surface area contributed by atoms with E-state index < -0.39 is 12.4 Å². The highest BCUT2D eigenvalue weighted by Gasteiger charge is 2.19. The number of aromatic nitrogens is 1. The quantitative estimate of drug-likeness (QED) is 0.619.